The number of amides is 1. The molecule has 206 valence electrons. The summed E-state index contributed by atoms with van der Waals surface area (Å²) in [7, 11) is 1.57. The van der Waals surface area contributed by atoms with Crippen LogP contribution in [0.3, 0.4) is 0 Å². The van der Waals surface area contributed by atoms with Gasteiger partial charge in [-0.15, -0.1) is 0 Å². The summed E-state index contributed by atoms with van der Waals surface area (Å²) in [6.07, 6.45) is 1.36. The second-order valence-corrected chi connectivity index (χ2v) is 9.76. The van der Waals surface area contributed by atoms with Gasteiger partial charge < -0.3 is 24.6 Å². The lowest BCUT2D eigenvalue weighted by molar-refractivity contribution is -0.138. The fraction of sp³-hybridized carbons (Fsp3) is 0.500. The topological polar surface area (TPSA) is 97.3 Å². The molecule has 0 spiro atoms. The number of fused-ring (bicyclic) bond motifs is 1. The minimum Gasteiger partial charge on any atom is -0.497 e. The van der Waals surface area contributed by atoms with Gasteiger partial charge in [0.05, 0.1) is 26.2 Å². The molecular weight excluding hydrogens is 498 g/mol. The van der Waals surface area contributed by atoms with Crippen molar-refractivity contribution in [3.05, 3.63) is 53.6 Å². The molecule has 8 nitrogen and oxygen atoms in total. The Hall–Kier alpha value is -3.24. The van der Waals surface area contributed by atoms with E-state index in [2.05, 4.69) is 5.32 Å². The molecule has 0 radical (unpaired) electrons. The summed E-state index contributed by atoms with van der Waals surface area (Å²) in [6, 6.07) is 11.2. The monoisotopic (exact) mass is 532 g/mol. The molecule has 2 N–H and O–H groups in total. The van der Waals surface area contributed by atoms with Crippen LogP contribution in [0.15, 0.2) is 42.5 Å². The van der Waals surface area contributed by atoms with Gasteiger partial charge in [-0.1, -0.05) is 12.5 Å². The van der Waals surface area contributed by atoms with E-state index in [0.717, 1.165) is 0 Å². The highest BCUT2D eigenvalue weighted by Crippen LogP contribution is 2.34. The van der Waals surface area contributed by atoms with Gasteiger partial charge in [0.1, 0.15) is 25.1 Å². The molecular formula is C28H34F2N2O6. The standard InChI is InChI=1S/C28H34F2N2O6/c1-36-21-10-7-19(8-11-21)23(33)5-3-2-4-6-26(34)31-22(16-32-17-28(29,30)18-32)27(35)20-9-12-24-25(15-20)38-14-13-37-24/h7-12,15,22,27,35H,2-6,13-14,16-18H2,1H3,(H,31,34)/t22-,27-/m1/s1. The first-order valence-corrected chi connectivity index (χ1v) is 12.9. The highest BCUT2D eigenvalue weighted by Gasteiger charge is 2.45. The number of nitrogens with zero attached hydrogens (tertiary/aromatic N) is 1. The van der Waals surface area contributed by atoms with E-state index in [1.807, 2.05) is 0 Å². The van der Waals surface area contributed by atoms with E-state index in [0.29, 0.717) is 67.3 Å². The number of hydrogen-bond acceptors (Lipinski definition) is 7. The summed E-state index contributed by atoms with van der Waals surface area (Å²) in [5, 5.41) is 13.9. The average molecular weight is 533 g/mol. The molecule has 0 saturated carbocycles. The predicted molar refractivity (Wildman–Crippen MR) is 136 cm³/mol. The molecule has 1 saturated heterocycles. The second-order valence-electron chi connectivity index (χ2n) is 9.76. The van der Waals surface area contributed by atoms with Crippen molar-refractivity contribution in [2.24, 2.45) is 0 Å². The van der Waals surface area contributed by atoms with Gasteiger partial charge in [-0.05, 0) is 54.8 Å². The number of Topliss-reactive ketones (excluding diaryl/α,β-unsaturated/α-hetero) is 1. The second kappa shape index (κ2) is 12.5. The molecule has 0 aliphatic carbocycles. The zero-order valence-electron chi connectivity index (χ0n) is 21.5. The number of carbonyl (C=O) groups excluding carboxylic acids is 2. The summed E-state index contributed by atoms with van der Waals surface area (Å²) in [5.74, 6) is -1.24. The normalized spacial score (nSPS) is 17.7. The van der Waals surface area contributed by atoms with Crippen molar-refractivity contribution in [3.8, 4) is 17.2 Å². The summed E-state index contributed by atoms with van der Waals surface area (Å²) in [4.78, 5) is 26.6. The number of halogens is 2. The molecule has 2 heterocycles. The van der Waals surface area contributed by atoms with Crippen molar-refractivity contribution in [1.82, 2.24) is 10.2 Å². The Kier molecular flexibility index (Phi) is 9.17. The Morgan fingerprint density at radius 1 is 1.03 bits per heavy atom. The Morgan fingerprint density at radius 3 is 2.39 bits per heavy atom. The first-order valence-electron chi connectivity index (χ1n) is 12.9. The molecule has 2 aliphatic rings. The van der Waals surface area contributed by atoms with Crippen LogP contribution >= 0.6 is 0 Å². The van der Waals surface area contributed by atoms with E-state index < -0.39 is 31.2 Å². The predicted octanol–water partition coefficient (Wildman–Crippen LogP) is 3.77. The largest absolute Gasteiger partial charge is 0.497 e. The number of likely N-dealkylation sites (tertiary alicyclic amines) is 1. The van der Waals surface area contributed by atoms with Crippen LogP contribution in [0, 0.1) is 0 Å². The van der Waals surface area contributed by atoms with Crippen molar-refractivity contribution >= 4 is 11.7 Å². The number of benzene rings is 2. The number of methoxy groups -OCH3 is 1. The number of carbonyl (C=O) groups is 2. The first-order chi connectivity index (χ1) is 18.2. The fourth-order valence-corrected chi connectivity index (χ4v) is 4.66. The number of nitrogens with one attached hydrogen (secondary N) is 1. The lowest BCUT2D eigenvalue weighted by Gasteiger charge is -2.41. The fourth-order valence-electron chi connectivity index (χ4n) is 4.66. The maximum Gasteiger partial charge on any atom is 0.272 e. The van der Waals surface area contributed by atoms with Crippen molar-refractivity contribution in [3.63, 3.8) is 0 Å². The Bertz CT molecular complexity index is 1100. The third kappa shape index (κ3) is 7.41. The maximum absolute atomic E-state index is 13.4. The summed E-state index contributed by atoms with van der Waals surface area (Å²) >= 11 is 0. The molecule has 2 atom stereocenters. The van der Waals surface area contributed by atoms with Crippen LogP contribution in [0.4, 0.5) is 8.78 Å². The smallest absolute Gasteiger partial charge is 0.272 e. The van der Waals surface area contributed by atoms with E-state index in [4.69, 9.17) is 14.2 Å². The minimum atomic E-state index is -2.75. The third-order valence-corrected chi connectivity index (χ3v) is 6.72. The number of ketones is 1. The number of aliphatic hydroxyl groups is 1. The van der Waals surface area contributed by atoms with E-state index in [9.17, 15) is 23.5 Å². The quantitative estimate of drug-likeness (QED) is 0.299. The zero-order chi connectivity index (χ0) is 27.1. The molecule has 38 heavy (non-hydrogen) atoms. The Balaban J connectivity index is 1.26. The van der Waals surface area contributed by atoms with Gasteiger partial charge >= 0.3 is 0 Å². The van der Waals surface area contributed by atoms with Gasteiger partial charge in [0.2, 0.25) is 5.91 Å². The summed E-state index contributed by atoms with van der Waals surface area (Å²) in [5.41, 5.74) is 1.12. The summed E-state index contributed by atoms with van der Waals surface area (Å²) in [6.45, 7) is 0.103. The lowest BCUT2D eigenvalue weighted by atomic mass is 9.98. The van der Waals surface area contributed by atoms with E-state index in [1.165, 1.54) is 4.90 Å². The van der Waals surface area contributed by atoms with E-state index in [-0.39, 0.29) is 24.7 Å². The number of alkyl halides is 2. The van der Waals surface area contributed by atoms with Gasteiger partial charge in [-0.2, -0.15) is 0 Å². The van der Waals surface area contributed by atoms with E-state index >= 15 is 0 Å². The Morgan fingerprint density at radius 2 is 1.71 bits per heavy atom. The van der Waals surface area contributed by atoms with Crippen LogP contribution in [0.25, 0.3) is 0 Å². The van der Waals surface area contributed by atoms with Crippen LogP contribution in [0.2, 0.25) is 0 Å². The van der Waals surface area contributed by atoms with Crippen LogP contribution < -0.4 is 19.5 Å². The molecule has 0 aromatic heterocycles. The molecule has 1 amide bonds. The molecule has 2 aromatic rings. The summed E-state index contributed by atoms with van der Waals surface area (Å²) < 4.78 is 43.0. The number of rotatable bonds is 13. The highest BCUT2D eigenvalue weighted by atomic mass is 19.3. The van der Waals surface area contributed by atoms with Crippen molar-refractivity contribution in [1.29, 1.82) is 0 Å². The molecule has 1 fully saturated rings. The molecule has 4 rings (SSSR count). The minimum absolute atomic E-state index is 0.0334. The Labute approximate surface area is 220 Å². The number of unbranched alkanes of at least 4 members (excludes halogenated alkanes) is 2. The van der Waals surface area contributed by atoms with Crippen LogP contribution in [-0.4, -0.2) is 73.6 Å². The van der Waals surface area contributed by atoms with Crippen molar-refractivity contribution < 1.29 is 37.7 Å². The molecule has 0 unspecified atom stereocenters. The third-order valence-electron chi connectivity index (χ3n) is 6.72. The molecule has 10 heteroatoms. The van der Waals surface area contributed by atoms with Gasteiger partial charge in [0, 0.05) is 24.9 Å². The highest BCUT2D eigenvalue weighted by molar-refractivity contribution is 5.96. The SMILES string of the molecule is COc1ccc(C(=O)CCCCCC(=O)N[C@H](CN2CC(F)(F)C2)[C@H](O)c2ccc3c(c2)OCCO3)cc1. The number of ether oxygens (including phenoxy) is 3. The first kappa shape index (κ1) is 27.8. The van der Waals surface area contributed by atoms with Crippen LogP contribution in [0.1, 0.15) is 54.1 Å². The van der Waals surface area contributed by atoms with E-state index in [1.54, 1.807) is 49.6 Å². The van der Waals surface area contributed by atoms with Gasteiger partial charge in [0.15, 0.2) is 17.3 Å². The average Bonchev–Trinajstić information content (AvgIpc) is 2.90. The van der Waals surface area contributed by atoms with Gasteiger partial charge in [0.25, 0.3) is 5.92 Å². The maximum atomic E-state index is 13.4. The number of aliphatic hydroxyl groups excluding tert-OH is 1. The van der Waals surface area contributed by atoms with Crippen LogP contribution in [-0.2, 0) is 4.79 Å². The zero-order valence-corrected chi connectivity index (χ0v) is 21.5. The lowest BCUT2D eigenvalue weighted by Crippen LogP contribution is -2.60. The molecule has 2 aliphatic heterocycles. The van der Waals surface area contributed by atoms with Crippen molar-refractivity contribution in [2.75, 3.05) is 40.0 Å². The van der Waals surface area contributed by atoms with Gasteiger partial charge in [-0.25, -0.2) is 8.78 Å². The number of hydrogen-bond donors (Lipinski definition) is 2. The van der Waals surface area contributed by atoms with Gasteiger partial charge in [-0.3, -0.25) is 14.5 Å². The molecule has 0 bridgehead atoms. The van der Waals surface area contributed by atoms with Crippen LogP contribution in [0.5, 0.6) is 17.2 Å². The van der Waals surface area contributed by atoms with Crippen molar-refractivity contribution in [2.45, 2.75) is 50.2 Å². The molecule has 2 aromatic carbocycles.